The fraction of sp³-hybridized carbons (Fsp3) is 0.451. The van der Waals surface area contributed by atoms with Crippen LogP contribution in [0.15, 0.2) is 65.5 Å². The molecule has 1 saturated heterocycles. The number of nitrogens with zero attached hydrogens (tertiary/aromatic N) is 2. The Morgan fingerprint density at radius 2 is 1.52 bits per heavy atom. The highest BCUT2D eigenvalue weighted by atomic mass is 16.6. The van der Waals surface area contributed by atoms with Gasteiger partial charge in [-0.05, 0) is 112 Å². The number of ether oxygens (including phenoxy) is 5. The molecule has 16 nitrogen and oxygen atoms in total. The first kappa shape index (κ1) is 48.7. The van der Waals surface area contributed by atoms with Crippen molar-refractivity contribution in [2.45, 2.75) is 78.4 Å². The molecule has 1 aromatic heterocycles. The van der Waals surface area contributed by atoms with Crippen LogP contribution in [0.4, 0.5) is 11.4 Å². The molecule has 7 rings (SSSR count). The maximum absolute atomic E-state index is 13.9. The molecule has 3 N–H and O–H groups in total. The van der Waals surface area contributed by atoms with Gasteiger partial charge in [0, 0.05) is 73.5 Å². The number of fused-ring (bicyclic) bond motifs is 1. The molecular formula is C51H61N5O11. The fourth-order valence-electron chi connectivity index (χ4n) is 9.01. The van der Waals surface area contributed by atoms with Crippen LogP contribution in [0.3, 0.4) is 0 Å². The van der Waals surface area contributed by atoms with E-state index in [4.69, 9.17) is 23.7 Å². The molecule has 1 unspecified atom stereocenters. The number of hydrogen-bond donors (Lipinski definition) is 3. The molecule has 4 aromatic rings. The van der Waals surface area contributed by atoms with Crippen molar-refractivity contribution in [3.63, 3.8) is 0 Å². The molecule has 0 spiro atoms. The third-order valence-electron chi connectivity index (χ3n) is 12.5. The highest BCUT2D eigenvalue weighted by molar-refractivity contribution is 6.25. The third-order valence-corrected chi connectivity index (χ3v) is 12.5. The summed E-state index contributed by atoms with van der Waals surface area (Å²) >= 11 is 0. The average molecular weight is 920 g/mol. The van der Waals surface area contributed by atoms with Gasteiger partial charge >= 0.3 is 0 Å². The van der Waals surface area contributed by atoms with Gasteiger partial charge in [0.25, 0.3) is 23.3 Å². The van der Waals surface area contributed by atoms with E-state index in [1.807, 2.05) is 57.2 Å². The van der Waals surface area contributed by atoms with E-state index in [9.17, 15) is 28.8 Å². The summed E-state index contributed by atoms with van der Waals surface area (Å²) in [6, 6.07) is 18.1. The summed E-state index contributed by atoms with van der Waals surface area (Å²) in [6.45, 7) is 13.0. The SMILES string of the molecule is CCN(c1cc(-c2ccc(OCCOCCOCCOCCNc3cccc4c3C(=O)N(C3CCC(=O)CC3=O)C4=O)cc2)cc(C(=O)NCc2c(C)cc(C)[nH]c2=O)c1C)C1CCOCC1. The maximum atomic E-state index is 13.9. The van der Waals surface area contributed by atoms with Crippen molar-refractivity contribution in [2.24, 2.45) is 0 Å². The van der Waals surface area contributed by atoms with Crippen LogP contribution in [-0.4, -0.2) is 124 Å². The van der Waals surface area contributed by atoms with E-state index in [-0.39, 0.29) is 60.2 Å². The standard InChI is InChI=1S/C51H61N5O11/c1-5-55(37-15-18-63-19-16-37)45-29-36(28-41(34(45)4)48(59)53-31-42-32(2)27-33(3)54-49(42)60)35-9-12-39(13-10-35)67-26-25-66-24-23-65-22-21-64-20-17-52-43-8-6-7-40-47(43)51(62)56(50(40)61)44-14-11-38(57)30-46(44)58/h6-10,12-13,27-29,37,44,52H,5,11,14-26,30-31H2,1-4H3,(H,53,59)(H,54,60). The van der Waals surface area contributed by atoms with Crippen LogP contribution in [-0.2, 0) is 35.1 Å². The Morgan fingerprint density at radius 3 is 2.21 bits per heavy atom. The lowest BCUT2D eigenvalue weighted by Crippen LogP contribution is -2.47. The number of rotatable bonds is 22. The normalized spacial score (nSPS) is 16.4. The minimum Gasteiger partial charge on any atom is -0.491 e. The summed E-state index contributed by atoms with van der Waals surface area (Å²) in [5, 5.41) is 6.18. The van der Waals surface area contributed by atoms with Crippen LogP contribution in [0.1, 0.15) is 92.5 Å². The number of nitrogens with one attached hydrogen (secondary N) is 3. The summed E-state index contributed by atoms with van der Waals surface area (Å²) in [5.41, 5.74) is 7.14. The lowest BCUT2D eigenvalue weighted by Gasteiger charge is -2.37. The molecule has 0 radical (unpaired) electrons. The number of anilines is 2. The van der Waals surface area contributed by atoms with Crippen LogP contribution in [0.5, 0.6) is 5.75 Å². The topological polar surface area (TPSA) is 195 Å². The number of ketones is 2. The molecule has 3 heterocycles. The number of carbonyl (C=O) groups excluding carboxylic acids is 5. The van der Waals surface area contributed by atoms with E-state index >= 15 is 0 Å². The second-order valence-corrected chi connectivity index (χ2v) is 17.0. The number of Topliss-reactive ketones (excluding diaryl/α,β-unsaturated/α-hetero) is 2. The fourth-order valence-corrected chi connectivity index (χ4v) is 9.01. The van der Waals surface area contributed by atoms with Gasteiger partial charge in [-0.1, -0.05) is 18.2 Å². The van der Waals surface area contributed by atoms with Gasteiger partial charge in [-0.25, -0.2) is 0 Å². The van der Waals surface area contributed by atoms with Gasteiger partial charge in [0.15, 0.2) is 5.78 Å². The number of hydrogen-bond acceptors (Lipinski definition) is 13. The number of H-pyrrole nitrogens is 1. The Kier molecular flexibility index (Phi) is 16.7. The van der Waals surface area contributed by atoms with E-state index < -0.39 is 23.6 Å². The van der Waals surface area contributed by atoms with Gasteiger partial charge < -0.3 is 44.2 Å². The Bertz CT molecular complexity index is 2500. The molecule has 1 saturated carbocycles. The molecular weight excluding hydrogens is 859 g/mol. The van der Waals surface area contributed by atoms with Gasteiger partial charge in [-0.15, -0.1) is 0 Å². The van der Waals surface area contributed by atoms with Crippen molar-refractivity contribution in [3.05, 3.63) is 110 Å². The predicted octanol–water partition coefficient (Wildman–Crippen LogP) is 5.73. The van der Waals surface area contributed by atoms with Crippen LogP contribution in [0.2, 0.25) is 0 Å². The Hall–Kier alpha value is -6.20. The number of pyridine rings is 1. The monoisotopic (exact) mass is 919 g/mol. The number of aromatic nitrogens is 1. The van der Waals surface area contributed by atoms with E-state index in [0.717, 1.165) is 57.9 Å². The molecule has 3 amide bonds. The van der Waals surface area contributed by atoms with E-state index in [0.29, 0.717) is 88.6 Å². The minimum atomic E-state index is -0.916. The summed E-state index contributed by atoms with van der Waals surface area (Å²) in [5.74, 6) is -1.18. The first-order valence-corrected chi connectivity index (χ1v) is 23.2. The lowest BCUT2D eigenvalue weighted by molar-refractivity contribution is -0.132. The zero-order valence-electron chi connectivity index (χ0n) is 38.8. The zero-order valence-corrected chi connectivity index (χ0v) is 38.8. The van der Waals surface area contributed by atoms with Gasteiger partial charge in [0.05, 0.1) is 63.2 Å². The Balaban J connectivity index is 0.828. The van der Waals surface area contributed by atoms with Gasteiger partial charge in [-0.3, -0.25) is 33.7 Å². The molecule has 2 aliphatic heterocycles. The molecule has 1 aliphatic carbocycles. The third kappa shape index (κ3) is 11.9. The summed E-state index contributed by atoms with van der Waals surface area (Å²) in [7, 11) is 0. The predicted molar refractivity (Wildman–Crippen MR) is 252 cm³/mol. The number of amides is 3. The number of carbonyl (C=O) groups is 5. The quantitative estimate of drug-likeness (QED) is 0.0492. The largest absolute Gasteiger partial charge is 0.491 e. The second kappa shape index (κ2) is 23.0. The van der Waals surface area contributed by atoms with Crippen molar-refractivity contribution < 1.29 is 47.7 Å². The number of aromatic amines is 1. The first-order chi connectivity index (χ1) is 32.4. The van der Waals surface area contributed by atoms with E-state index in [1.54, 1.807) is 18.2 Å². The van der Waals surface area contributed by atoms with Crippen molar-refractivity contribution in [1.29, 1.82) is 0 Å². The molecule has 2 fully saturated rings. The van der Waals surface area contributed by atoms with Gasteiger partial charge in [0.2, 0.25) is 0 Å². The van der Waals surface area contributed by atoms with E-state index in [1.165, 1.54) is 0 Å². The maximum Gasteiger partial charge on any atom is 0.264 e. The summed E-state index contributed by atoms with van der Waals surface area (Å²) in [6.07, 6.45) is 1.87. The highest BCUT2D eigenvalue weighted by Gasteiger charge is 2.45. The van der Waals surface area contributed by atoms with Crippen LogP contribution in [0.25, 0.3) is 11.1 Å². The highest BCUT2D eigenvalue weighted by Crippen LogP contribution is 2.36. The summed E-state index contributed by atoms with van der Waals surface area (Å²) in [4.78, 5) is 83.4. The molecule has 356 valence electrons. The molecule has 1 atom stereocenters. The number of imide groups is 1. The number of benzene rings is 3. The van der Waals surface area contributed by atoms with Crippen molar-refractivity contribution in [2.75, 3.05) is 82.8 Å². The van der Waals surface area contributed by atoms with Gasteiger partial charge in [-0.2, -0.15) is 0 Å². The molecule has 0 bridgehead atoms. The van der Waals surface area contributed by atoms with Crippen molar-refractivity contribution >= 4 is 40.7 Å². The Morgan fingerprint density at radius 1 is 0.821 bits per heavy atom. The second-order valence-electron chi connectivity index (χ2n) is 17.0. The lowest BCUT2D eigenvalue weighted by atomic mass is 9.92. The smallest absolute Gasteiger partial charge is 0.264 e. The molecule has 16 heteroatoms. The van der Waals surface area contributed by atoms with Gasteiger partial charge in [0.1, 0.15) is 18.1 Å². The van der Waals surface area contributed by atoms with Crippen LogP contribution in [0, 0.1) is 20.8 Å². The minimum absolute atomic E-state index is 0.115. The van der Waals surface area contributed by atoms with Crippen LogP contribution >= 0.6 is 0 Å². The van der Waals surface area contributed by atoms with Crippen molar-refractivity contribution in [3.8, 4) is 16.9 Å². The zero-order chi connectivity index (χ0) is 47.5. The summed E-state index contributed by atoms with van der Waals surface area (Å²) < 4.78 is 28.6. The molecule has 67 heavy (non-hydrogen) atoms. The number of aryl methyl sites for hydroxylation is 2. The molecule has 3 aromatic carbocycles. The van der Waals surface area contributed by atoms with Crippen molar-refractivity contribution in [1.82, 2.24) is 15.2 Å². The average Bonchev–Trinajstić information content (AvgIpc) is 3.57. The van der Waals surface area contributed by atoms with Crippen LogP contribution < -0.4 is 25.8 Å². The molecule has 3 aliphatic rings. The Labute approximate surface area is 390 Å². The first-order valence-electron chi connectivity index (χ1n) is 23.2. The van der Waals surface area contributed by atoms with E-state index in [2.05, 4.69) is 33.5 Å².